The number of amides is 2. The number of hydrogen-bond donors (Lipinski definition) is 2. The molecule has 2 aromatic rings. The van der Waals surface area contributed by atoms with Gasteiger partial charge in [0.2, 0.25) is 5.91 Å². The summed E-state index contributed by atoms with van der Waals surface area (Å²) in [5, 5.41) is 4.91. The molecule has 0 bridgehead atoms. The lowest BCUT2D eigenvalue weighted by Crippen LogP contribution is -2.14. The van der Waals surface area contributed by atoms with Gasteiger partial charge in [-0.1, -0.05) is 11.6 Å². The molecule has 0 saturated heterocycles. The standard InChI is InChI=1S/C15H11ClF2N2O2/c1-8(21)19-14-7-10(3-5-13(14)18)20-15(22)11-6-9(16)2-4-12(11)17/h2-7H,1H3,(H,19,21)(H,20,22). The predicted octanol–water partition coefficient (Wildman–Crippen LogP) is 3.83. The van der Waals surface area contributed by atoms with Crippen LogP contribution in [0.2, 0.25) is 5.02 Å². The van der Waals surface area contributed by atoms with Crippen LogP contribution in [0.3, 0.4) is 0 Å². The summed E-state index contributed by atoms with van der Waals surface area (Å²) in [6.07, 6.45) is 0. The Morgan fingerprint density at radius 1 is 1.00 bits per heavy atom. The first-order valence-corrected chi connectivity index (χ1v) is 6.58. The van der Waals surface area contributed by atoms with Gasteiger partial charge in [0.15, 0.2) is 0 Å². The average molecular weight is 325 g/mol. The van der Waals surface area contributed by atoms with Crippen molar-refractivity contribution in [2.24, 2.45) is 0 Å². The van der Waals surface area contributed by atoms with Crippen LogP contribution >= 0.6 is 11.6 Å². The molecule has 0 heterocycles. The smallest absolute Gasteiger partial charge is 0.258 e. The van der Waals surface area contributed by atoms with Crippen molar-refractivity contribution in [3.05, 3.63) is 58.6 Å². The van der Waals surface area contributed by atoms with Gasteiger partial charge in [-0.3, -0.25) is 9.59 Å². The topological polar surface area (TPSA) is 58.2 Å². The maximum Gasteiger partial charge on any atom is 0.258 e. The van der Waals surface area contributed by atoms with E-state index in [-0.39, 0.29) is 22.0 Å². The number of hydrogen-bond acceptors (Lipinski definition) is 2. The largest absolute Gasteiger partial charge is 0.324 e. The molecular formula is C15H11ClF2N2O2. The number of benzene rings is 2. The second-order valence-corrected chi connectivity index (χ2v) is 4.89. The summed E-state index contributed by atoms with van der Waals surface area (Å²) in [6.45, 7) is 1.23. The fourth-order valence-corrected chi connectivity index (χ4v) is 1.93. The van der Waals surface area contributed by atoms with Crippen molar-refractivity contribution in [2.75, 3.05) is 10.6 Å². The third kappa shape index (κ3) is 3.79. The SMILES string of the molecule is CC(=O)Nc1cc(NC(=O)c2cc(Cl)ccc2F)ccc1F. The molecule has 0 spiro atoms. The maximum atomic E-state index is 13.6. The van der Waals surface area contributed by atoms with Gasteiger partial charge >= 0.3 is 0 Å². The second kappa shape index (κ2) is 6.53. The van der Waals surface area contributed by atoms with Gasteiger partial charge in [0.25, 0.3) is 5.91 Å². The molecule has 0 aromatic heterocycles. The van der Waals surface area contributed by atoms with Crippen LogP contribution in [0.4, 0.5) is 20.2 Å². The van der Waals surface area contributed by atoms with Gasteiger partial charge in [0.1, 0.15) is 11.6 Å². The van der Waals surface area contributed by atoms with Gasteiger partial charge in [-0.15, -0.1) is 0 Å². The molecule has 22 heavy (non-hydrogen) atoms. The predicted molar refractivity (Wildman–Crippen MR) is 80.1 cm³/mol. The molecule has 0 unspecified atom stereocenters. The van der Waals surface area contributed by atoms with Crippen LogP contribution in [0, 0.1) is 11.6 Å². The molecule has 0 radical (unpaired) electrons. The number of nitrogens with one attached hydrogen (secondary N) is 2. The highest BCUT2D eigenvalue weighted by Gasteiger charge is 2.13. The Morgan fingerprint density at radius 2 is 1.68 bits per heavy atom. The van der Waals surface area contributed by atoms with Gasteiger partial charge in [-0.2, -0.15) is 0 Å². The van der Waals surface area contributed by atoms with E-state index in [1.54, 1.807) is 0 Å². The first-order valence-electron chi connectivity index (χ1n) is 6.20. The first-order chi connectivity index (χ1) is 10.4. The molecule has 0 saturated carbocycles. The van der Waals surface area contributed by atoms with Gasteiger partial charge in [-0.25, -0.2) is 8.78 Å². The van der Waals surface area contributed by atoms with Crippen LogP contribution in [0.1, 0.15) is 17.3 Å². The number of anilines is 2. The van der Waals surface area contributed by atoms with E-state index in [0.29, 0.717) is 0 Å². The lowest BCUT2D eigenvalue weighted by atomic mass is 10.2. The van der Waals surface area contributed by atoms with Crippen molar-refractivity contribution in [3.8, 4) is 0 Å². The third-order valence-electron chi connectivity index (χ3n) is 2.71. The molecule has 114 valence electrons. The fourth-order valence-electron chi connectivity index (χ4n) is 1.76. The zero-order chi connectivity index (χ0) is 16.3. The van der Waals surface area contributed by atoms with Gasteiger partial charge in [-0.05, 0) is 36.4 Å². The molecular weight excluding hydrogens is 314 g/mol. The third-order valence-corrected chi connectivity index (χ3v) is 2.94. The highest BCUT2D eigenvalue weighted by atomic mass is 35.5. The van der Waals surface area contributed by atoms with E-state index >= 15 is 0 Å². The highest BCUT2D eigenvalue weighted by molar-refractivity contribution is 6.31. The van der Waals surface area contributed by atoms with E-state index in [4.69, 9.17) is 11.6 Å². The Morgan fingerprint density at radius 3 is 2.36 bits per heavy atom. The Hall–Kier alpha value is -2.47. The quantitative estimate of drug-likeness (QED) is 0.901. The van der Waals surface area contributed by atoms with E-state index in [2.05, 4.69) is 10.6 Å². The van der Waals surface area contributed by atoms with Gasteiger partial charge in [0, 0.05) is 17.6 Å². The zero-order valence-corrected chi connectivity index (χ0v) is 12.2. The molecule has 0 fully saturated rings. The van der Waals surface area contributed by atoms with Crippen molar-refractivity contribution in [1.29, 1.82) is 0 Å². The fraction of sp³-hybridized carbons (Fsp3) is 0.0667. The molecule has 2 rings (SSSR count). The van der Waals surface area contributed by atoms with Crippen molar-refractivity contribution >= 4 is 34.8 Å². The summed E-state index contributed by atoms with van der Waals surface area (Å²) in [5.74, 6) is -2.57. The normalized spacial score (nSPS) is 10.2. The molecule has 2 N–H and O–H groups in total. The van der Waals surface area contributed by atoms with Crippen LogP contribution in [0.25, 0.3) is 0 Å². The number of carbonyl (C=O) groups is 2. The van der Waals surface area contributed by atoms with Crippen LogP contribution in [0.15, 0.2) is 36.4 Å². The van der Waals surface area contributed by atoms with Crippen LogP contribution in [0.5, 0.6) is 0 Å². The molecule has 0 aliphatic rings. The lowest BCUT2D eigenvalue weighted by molar-refractivity contribution is -0.114. The lowest BCUT2D eigenvalue weighted by Gasteiger charge is -2.09. The molecule has 0 aliphatic carbocycles. The van der Waals surface area contributed by atoms with E-state index < -0.39 is 23.4 Å². The molecule has 4 nitrogen and oxygen atoms in total. The molecule has 0 atom stereocenters. The number of rotatable bonds is 3. The van der Waals surface area contributed by atoms with Gasteiger partial charge in [0.05, 0.1) is 11.3 Å². The van der Waals surface area contributed by atoms with E-state index in [9.17, 15) is 18.4 Å². The number of carbonyl (C=O) groups excluding carboxylic acids is 2. The van der Waals surface area contributed by atoms with Crippen molar-refractivity contribution in [3.63, 3.8) is 0 Å². The Balaban J connectivity index is 2.25. The zero-order valence-electron chi connectivity index (χ0n) is 11.4. The minimum absolute atomic E-state index is 0.0862. The number of halogens is 3. The molecule has 2 aromatic carbocycles. The Kier molecular flexibility index (Phi) is 4.72. The summed E-state index contributed by atoms with van der Waals surface area (Å²) >= 11 is 5.72. The molecule has 2 amide bonds. The van der Waals surface area contributed by atoms with Crippen LogP contribution in [-0.2, 0) is 4.79 Å². The van der Waals surface area contributed by atoms with Crippen molar-refractivity contribution < 1.29 is 18.4 Å². The Bertz CT molecular complexity index is 750. The minimum Gasteiger partial charge on any atom is -0.324 e. The van der Waals surface area contributed by atoms with Gasteiger partial charge < -0.3 is 10.6 Å². The van der Waals surface area contributed by atoms with Crippen LogP contribution < -0.4 is 10.6 Å². The first kappa shape index (κ1) is 15.9. The summed E-state index contributed by atoms with van der Waals surface area (Å²) in [4.78, 5) is 23.0. The molecule has 7 heteroatoms. The second-order valence-electron chi connectivity index (χ2n) is 4.45. The monoisotopic (exact) mass is 324 g/mol. The Labute approximate surface area is 130 Å². The summed E-state index contributed by atoms with van der Waals surface area (Å²) < 4.78 is 27.1. The van der Waals surface area contributed by atoms with E-state index in [0.717, 1.165) is 12.1 Å². The van der Waals surface area contributed by atoms with Crippen molar-refractivity contribution in [2.45, 2.75) is 6.92 Å². The summed E-state index contributed by atoms with van der Waals surface area (Å²) in [5.41, 5.74) is -0.121. The highest BCUT2D eigenvalue weighted by Crippen LogP contribution is 2.21. The van der Waals surface area contributed by atoms with E-state index in [1.807, 2.05) is 0 Å². The average Bonchev–Trinajstić information content (AvgIpc) is 2.44. The summed E-state index contributed by atoms with van der Waals surface area (Å²) in [6, 6.07) is 7.18. The minimum atomic E-state index is -0.736. The molecule has 0 aliphatic heterocycles. The summed E-state index contributed by atoms with van der Waals surface area (Å²) in [7, 11) is 0. The van der Waals surface area contributed by atoms with Crippen LogP contribution in [-0.4, -0.2) is 11.8 Å². The van der Waals surface area contributed by atoms with Crippen molar-refractivity contribution in [1.82, 2.24) is 0 Å². The van der Waals surface area contributed by atoms with E-state index in [1.165, 1.54) is 31.2 Å². The maximum absolute atomic E-state index is 13.6.